The number of carboxylic acid groups (broad SMARTS) is 1. The van der Waals surface area contributed by atoms with Crippen molar-refractivity contribution >= 4 is 67.5 Å². The maximum Gasteiger partial charge on any atom is 0.303 e. The van der Waals surface area contributed by atoms with Crippen molar-refractivity contribution in [1.82, 2.24) is 0 Å². The fourth-order valence-electron chi connectivity index (χ4n) is 2.92. The molecule has 2 aliphatic rings. The van der Waals surface area contributed by atoms with Crippen molar-refractivity contribution in [2.24, 2.45) is 4.99 Å². The van der Waals surface area contributed by atoms with Crippen LogP contribution in [0.5, 0.6) is 0 Å². The molecule has 1 aromatic carbocycles. The molecule has 3 rings (SSSR count). The largest absolute Gasteiger partial charge is 0.481 e. The van der Waals surface area contributed by atoms with E-state index in [-0.39, 0.29) is 29.6 Å². The summed E-state index contributed by atoms with van der Waals surface area (Å²) in [4.78, 5) is 28.3. The number of hydrogen-bond donors (Lipinski definition) is 1. The van der Waals surface area contributed by atoms with E-state index in [9.17, 15) is 18.0 Å². The van der Waals surface area contributed by atoms with E-state index in [1.807, 2.05) is 0 Å². The van der Waals surface area contributed by atoms with Crippen LogP contribution in [-0.4, -0.2) is 53.4 Å². The van der Waals surface area contributed by atoms with Gasteiger partial charge in [0.05, 0.1) is 39.7 Å². The number of aliphatic imine (C=N–C) groups is 1. The Hall–Kier alpha value is -1.29. The van der Waals surface area contributed by atoms with Gasteiger partial charge in [0.1, 0.15) is 0 Å². The van der Waals surface area contributed by atoms with Gasteiger partial charge in [-0.1, -0.05) is 41.0 Å². The maximum absolute atomic E-state index is 12.0. The lowest BCUT2D eigenvalue weighted by molar-refractivity contribution is -0.138. The number of anilines is 1. The van der Waals surface area contributed by atoms with Crippen LogP contribution in [0.2, 0.25) is 10.0 Å². The summed E-state index contributed by atoms with van der Waals surface area (Å²) < 4.78 is 24.0. The number of nitrogens with zero attached hydrogens (tertiary/aromatic N) is 2. The lowest BCUT2D eigenvalue weighted by Crippen LogP contribution is -2.38. The SMILES string of the molecule is O=C(O)CCC(=O)N=C1S[C@@H]2CS(=O)(=O)C[C@@H]2N1c1c(Cl)cccc1Cl. The second kappa shape index (κ2) is 7.38. The van der Waals surface area contributed by atoms with Crippen molar-refractivity contribution in [2.75, 3.05) is 16.4 Å². The van der Waals surface area contributed by atoms with E-state index in [2.05, 4.69) is 4.99 Å². The number of amidine groups is 1. The standard InChI is InChI=1S/C15H14Cl2N2O5S2/c16-8-2-1-3-9(17)14(8)19-10-6-26(23,24)7-11(10)25-15(19)18-12(20)4-5-13(21)22/h1-3,10-11H,4-7H2,(H,21,22)/t10-,11+/m0/s1. The average Bonchev–Trinajstić information content (AvgIpc) is 2.97. The first kappa shape index (κ1) is 19.5. The fourth-order valence-corrected chi connectivity index (χ4v) is 7.42. The van der Waals surface area contributed by atoms with Crippen LogP contribution in [-0.2, 0) is 19.4 Å². The highest BCUT2D eigenvalue weighted by Crippen LogP contribution is 2.45. The van der Waals surface area contributed by atoms with Crippen molar-refractivity contribution < 1.29 is 23.1 Å². The number of aliphatic carboxylic acids is 1. The van der Waals surface area contributed by atoms with Gasteiger partial charge in [-0.3, -0.25) is 9.59 Å². The molecule has 1 N–H and O–H groups in total. The highest BCUT2D eigenvalue weighted by molar-refractivity contribution is 8.16. The first-order chi connectivity index (χ1) is 12.2. The van der Waals surface area contributed by atoms with Gasteiger partial charge < -0.3 is 10.0 Å². The van der Waals surface area contributed by atoms with E-state index in [1.165, 1.54) is 11.8 Å². The molecule has 2 atom stereocenters. The summed E-state index contributed by atoms with van der Waals surface area (Å²) in [6.45, 7) is 0. The highest BCUT2D eigenvalue weighted by atomic mass is 35.5. The number of hydrogen-bond acceptors (Lipinski definition) is 5. The van der Waals surface area contributed by atoms with Crippen molar-refractivity contribution in [3.8, 4) is 0 Å². The zero-order valence-corrected chi connectivity index (χ0v) is 16.4. The highest BCUT2D eigenvalue weighted by Gasteiger charge is 2.50. The molecule has 0 aliphatic carbocycles. The predicted octanol–water partition coefficient (Wildman–Crippen LogP) is 2.46. The molecule has 0 aromatic heterocycles. The van der Waals surface area contributed by atoms with Crippen molar-refractivity contribution in [3.63, 3.8) is 0 Å². The normalized spacial score (nSPS) is 25.5. The zero-order valence-electron chi connectivity index (χ0n) is 13.3. The molecular weight excluding hydrogens is 423 g/mol. The fraction of sp³-hybridized carbons (Fsp3) is 0.400. The second-order valence-corrected chi connectivity index (χ2v) is 10.1. The number of carboxylic acids is 1. The number of halogens is 2. The molecule has 1 aromatic rings. The summed E-state index contributed by atoms with van der Waals surface area (Å²) in [7, 11) is -3.21. The summed E-state index contributed by atoms with van der Waals surface area (Å²) in [5.41, 5.74) is 0.401. The number of fused-ring (bicyclic) bond motifs is 1. The molecule has 2 aliphatic heterocycles. The van der Waals surface area contributed by atoms with Gasteiger partial charge in [0, 0.05) is 11.7 Å². The van der Waals surface area contributed by atoms with Crippen LogP contribution in [0.15, 0.2) is 23.2 Å². The smallest absolute Gasteiger partial charge is 0.303 e. The number of thioether (sulfide) groups is 1. The molecule has 7 nitrogen and oxygen atoms in total. The molecule has 26 heavy (non-hydrogen) atoms. The van der Waals surface area contributed by atoms with Gasteiger partial charge in [-0.15, -0.1) is 0 Å². The van der Waals surface area contributed by atoms with Crippen molar-refractivity contribution in [1.29, 1.82) is 0 Å². The van der Waals surface area contributed by atoms with Crippen LogP contribution in [0.4, 0.5) is 5.69 Å². The van der Waals surface area contributed by atoms with Gasteiger partial charge in [0.25, 0.3) is 0 Å². The average molecular weight is 437 g/mol. The first-order valence-electron chi connectivity index (χ1n) is 7.61. The molecule has 1 amide bonds. The number of para-hydroxylation sites is 1. The molecule has 0 saturated carbocycles. The third-order valence-electron chi connectivity index (χ3n) is 4.02. The van der Waals surface area contributed by atoms with E-state index >= 15 is 0 Å². The number of amides is 1. The number of rotatable bonds is 4. The van der Waals surface area contributed by atoms with Gasteiger partial charge in [-0.25, -0.2) is 8.42 Å². The molecule has 140 valence electrons. The molecule has 2 fully saturated rings. The van der Waals surface area contributed by atoms with Gasteiger partial charge >= 0.3 is 5.97 Å². The first-order valence-corrected chi connectivity index (χ1v) is 11.1. The van der Waals surface area contributed by atoms with Gasteiger partial charge in [0.15, 0.2) is 15.0 Å². The lowest BCUT2D eigenvalue weighted by Gasteiger charge is -2.26. The Morgan fingerprint density at radius 2 is 1.88 bits per heavy atom. The van der Waals surface area contributed by atoms with Crippen molar-refractivity contribution in [3.05, 3.63) is 28.2 Å². The van der Waals surface area contributed by atoms with Crippen LogP contribution >= 0.6 is 35.0 Å². The van der Waals surface area contributed by atoms with Gasteiger partial charge in [-0.05, 0) is 12.1 Å². The molecule has 2 saturated heterocycles. The van der Waals surface area contributed by atoms with Crippen LogP contribution in [0.3, 0.4) is 0 Å². The summed E-state index contributed by atoms with van der Waals surface area (Å²) in [5, 5.41) is 9.32. The predicted molar refractivity (Wildman–Crippen MR) is 102 cm³/mol. The number of carbonyl (C=O) groups is 2. The minimum Gasteiger partial charge on any atom is -0.481 e. The molecule has 2 heterocycles. The summed E-state index contributed by atoms with van der Waals surface area (Å²) >= 11 is 13.7. The summed E-state index contributed by atoms with van der Waals surface area (Å²) in [5.74, 6) is -1.80. The van der Waals surface area contributed by atoms with E-state index in [4.69, 9.17) is 28.3 Å². The van der Waals surface area contributed by atoms with E-state index in [1.54, 1.807) is 23.1 Å². The van der Waals surface area contributed by atoms with Crippen LogP contribution in [0.1, 0.15) is 12.8 Å². The zero-order chi connectivity index (χ0) is 19.1. The molecule has 0 unspecified atom stereocenters. The second-order valence-electron chi connectivity index (χ2n) is 5.92. The third kappa shape index (κ3) is 4.00. The number of sulfone groups is 1. The van der Waals surface area contributed by atoms with Crippen LogP contribution < -0.4 is 4.90 Å². The number of benzene rings is 1. The monoisotopic (exact) mass is 436 g/mol. The lowest BCUT2D eigenvalue weighted by atomic mass is 10.2. The Morgan fingerprint density at radius 3 is 2.50 bits per heavy atom. The van der Waals surface area contributed by atoms with E-state index < -0.39 is 27.8 Å². The van der Waals surface area contributed by atoms with E-state index in [0.717, 1.165) is 0 Å². The quantitative estimate of drug-likeness (QED) is 0.772. The van der Waals surface area contributed by atoms with Gasteiger partial charge in [0.2, 0.25) is 5.91 Å². The molecule has 0 bridgehead atoms. The van der Waals surface area contributed by atoms with Crippen molar-refractivity contribution in [2.45, 2.75) is 24.1 Å². The maximum atomic E-state index is 12.0. The van der Waals surface area contributed by atoms with E-state index in [0.29, 0.717) is 20.9 Å². The van der Waals surface area contributed by atoms with Crippen LogP contribution in [0.25, 0.3) is 0 Å². The molecule has 0 spiro atoms. The summed E-state index contributed by atoms with van der Waals surface area (Å²) in [6.07, 6.45) is -0.564. The topological polar surface area (TPSA) is 104 Å². The Kier molecular flexibility index (Phi) is 5.53. The van der Waals surface area contributed by atoms with Gasteiger partial charge in [-0.2, -0.15) is 4.99 Å². The summed E-state index contributed by atoms with van der Waals surface area (Å²) in [6, 6.07) is 4.46. The third-order valence-corrected chi connectivity index (χ3v) is 7.84. The molecule has 11 heteroatoms. The number of carbonyl (C=O) groups excluding carboxylic acids is 1. The molecule has 0 radical (unpaired) electrons. The minimum absolute atomic E-state index is 0.0246. The molecular formula is C15H14Cl2N2O5S2. The Morgan fingerprint density at radius 1 is 1.23 bits per heavy atom. The Labute approximate surface area is 164 Å². The Bertz CT molecular complexity index is 883. The Balaban J connectivity index is 1.99. The minimum atomic E-state index is -3.21. The van der Waals surface area contributed by atoms with Crippen LogP contribution in [0, 0.1) is 0 Å².